The van der Waals surface area contributed by atoms with E-state index in [0.29, 0.717) is 54.8 Å². The molecule has 1 fully saturated rings. The Morgan fingerprint density at radius 1 is 1.12 bits per heavy atom. The normalized spacial score (nSPS) is 17.2. The Labute approximate surface area is 195 Å². The molecule has 1 aliphatic heterocycles. The molecule has 0 unspecified atom stereocenters. The summed E-state index contributed by atoms with van der Waals surface area (Å²) in [7, 11) is -1.76. The van der Waals surface area contributed by atoms with Crippen molar-refractivity contribution in [2.24, 2.45) is 5.92 Å². The molecule has 0 spiro atoms. The van der Waals surface area contributed by atoms with Crippen molar-refractivity contribution in [1.29, 1.82) is 0 Å². The van der Waals surface area contributed by atoms with Crippen molar-refractivity contribution in [2.75, 3.05) is 33.3 Å². The Balaban J connectivity index is 1.28. The second kappa shape index (κ2) is 9.81. The lowest BCUT2D eigenvalue weighted by Gasteiger charge is -2.32. The first-order valence-corrected chi connectivity index (χ1v) is 12.9. The number of fused-ring (bicyclic) bond motifs is 1. The number of sulfonamides is 1. The monoisotopic (exact) mass is 476 g/mol. The maximum Gasteiger partial charge on any atom is 0.243 e. The molecule has 1 saturated heterocycles. The summed E-state index contributed by atoms with van der Waals surface area (Å²) in [6.07, 6.45) is 4.12. The number of ether oxygens (including phenoxy) is 1. The van der Waals surface area contributed by atoms with Gasteiger partial charge in [0, 0.05) is 31.1 Å². The van der Waals surface area contributed by atoms with Crippen molar-refractivity contribution >= 4 is 27.5 Å². The van der Waals surface area contributed by atoms with Gasteiger partial charge in [0.25, 0.3) is 0 Å². The van der Waals surface area contributed by atoms with Gasteiger partial charge < -0.3 is 9.64 Å². The van der Waals surface area contributed by atoms with Crippen LogP contribution in [0.15, 0.2) is 47.4 Å². The SMILES string of the molecule is CN(CCOc1cccc(Cl)c1)C(=O)C1CCN(S(=O)(=O)c2ccc3c(c2)CCC3)CC1. The number of hydrogen-bond donors (Lipinski definition) is 0. The van der Waals surface area contributed by atoms with E-state index in [9.17, 15) is 13.2 Å². The molecule has 0 N–H and O–H groups in total. The molecular formula is C24H29ClN2O4S. The zero-order chi connectivity index (χ0) is 22.7. The van der Waals surface area contributed by atoms with E-state index in [2.05, 4.69) is 0 Å². The molecule has 1 aliphatic carbocycles. The van der Waals surface area contributed by atoms with Gasteiger partial charge in [-0.1, -0.05) is 23.7 Å². The van der Waals surface area contributed by atoms with Gasteiger partial charge in [0.15, 0.2) is 0 Å². The van der Waals surface area contributed by atoms with Gasteiger partial charge in [0.2, 0.25) is 15.9 Å². The second-order valence-electron chi connectivity index (χ2n) is 8.53. The highest BCUT2D eigenvalue weighted by Crippen LogP contribution is 2.29. The molecule has 1 heterocycles. The number of benzene rings is 2. The van der Waals surface area contributed by atoms with Crippen LogP contribution in [0.1, 0.15) is 30.4 Å². The van der Waals surface area contributed by atoms with Gasteiger partial charge in [-0.3, -0.25) is 4.79 Å². The van der Waals surface area contributed by atoms with E-state index in [0.717, 1.165) is 24.8 Å². The summed E-state index contributed by atoms with van der Waals surface area (Å²) in [6.45, 7) is 1.55. The standard InChI is InChI=1S/C24H29ClN2O4S/c1-26(14-15-31-22-7-3-6-21(25)17-22)24(28)19-10-12-27(13-11-19)32(29,30)23-9-8-18-4-2-5-20(18)16-23/h3,6-9,16-17,19H,2,4-5,10-15H2,1H3. The zero-order valence-electron chi connectivity index (χ0n) is 18.3. The molecule has 1 amide bonds. The van der Waals surface area contributed by atoms with Gasteiger partial charge in [-0.2, -0.15) is 4.31 Å². The number of carbonyl (C=O) groups is 1. The third-order valence-electron chi connectivity index (χ3n) is 6.38. The fraction of sp³-hybridized carbons (Fsp3) is 0.458. The summed E-state index contributed by atoms with van der Waals surface area (Å²) in [4.78, 5) is 14.9. The fourth-order valence-corrected chi connectivity index (χ4v) is 6.18. The van der Waals surface area contributed by atoms with Crippen LogP contribution in [-0.2, 0) is 27.7 Å². The smallest absolute Gasteiger partial charge is 0.243 e. The van der Waals surface area contributed by atoms with Crippen LogP contribution in [0.25, 0.3) is 0 Å². The number of halogens is 1. The van der Waals surface area contributed by atoms with E-state index >= 15 is 0 Å². The number of rotatable bonds is 7. The fourth-order valence-electron chi connectivity index (χ4n) is 4.48. The van der Waals surface area contributed by atoms with Crippen LogP contribution in [0.4, 0.5) is 0 Å². The van der Waals surface area contributed by atoms with Crippen LogP contribution in [-0.4, -0.2) is 56.8 Å². The molecule has 2 aromatic rings. The molecule has 2 aliphatic rings. The number of likely N-dealkylation sites (N-methyl/N-ethyl adjacent to an activating group) is 1. The Kier molecular flexibility index (Phi) is 7.08. The van der Waals surface area contributed by atoms with Gasteiger partial charge in [0.05, 0.1) is 11.4 Å². The molecule has 172 valence electrons. The second-order valence-corrected chi connectivity index (χ2v) is 10.9. The van der Waals surface area contributed by atoms with E-state index in [4.69, 9.17) is 16.3 Å². The number of piperidine rings is 1. The lowest BCUT2D eigenvalue weighted by atomic mass is 9.97. The van der Waals surface area contributed by atoms with Gasteiger partial charge in [-0.25, -0.2) is 8.42 Å². The van der Waals surface area contributed by atoms with Gasteiger partial charge >= 0.3 is 0 Å². The summed E-state index contributed by atoms with van der Waals surface area (Å²) in [5.74, 6) is 0.537. The van der Waals surface area contributed by atoms with Gasteiger partial charge in [-0.05, 0) is 73.6 Å². The van der Waals surface area contributed by atoms with Crippen LogP contribution in [0.5, 0.6) is 5.75 Å². The maximum atomic E-state index is 13.1. The molecule has 4 rings (SSSR count). The van der Waals surface area contributed by atoms with E-state index in [1.807, 2.05) is 24.3 Å². The summed E-state index contributed by atoms with van der Waals surface area (Å²) in [6, 6.07) is 12.7. The molecule has 0 atom stereocenters. The molecule has 8 heteroatoms. The number of carbonyl (C=O) groups excluding carboxylic acids is 1. The average molecular weight is 477 g/mol. The van der Waals surface area contributed by atoms with Crippen molar-refractivity contribution in [3.63, 3.8) is 0 Å². The summed E-state index contributed by atoms with van der Waals surface area (Å²) in [5.41, 5.74) is 2.41. The first-order chi connectivity index (χ1) is 15.3. The van der Waals surface area contributed by atoms with Crippen molar-refractivity contribution in [1.82, 2.24) is 9.21 Å². The number of nitrogens with zero attached hydrogens (tertiary/aromatic N) is 2. The Bertz CT molecular complexity index is 1080. The molecule has 0 aromatic heterocycles. The molecule has 32 heavy (non-hydrogen) atoms. The Morgan fingerprint density at radius 3 is 2.62 bits per heavy atom. The highest BCUT2D eigenvalue weighted by Gasteiger charge is 2.33. The lowest BCUT2D eigenvalue weighted by molar-refractivity contribution is -0.135. The predicted molar refractivity (Wildman–Crippen MR) is 125 cm³/mol. The highest BCUT2D eigenvalue weighted by molar-refractivity contribution is 7.89. The van der Waals surface area contributed by atoms with E-state index < -0.39 is 10.0 Å². The topological polar surface area (TPSA) is 66.9 Å². The zero-order valence-corrected chi connectivity index (χ0v) is 19.9. The third kappa shape index (κ3) is 5.11. The first kappa shape index (κ1) is 23.1. The summed E-state index contributed by atoms with van der Waals surface area (Å²) >= 11 is 5.95. The minimum Gasteiger partial charge on any atom is -0.492 e. The minimum atomic E-state index is -3.52. The Hall–Kier alpha value is -2.09. The number of amides is 1. The third-order valence-corrected chi connectivity index (χ3v) is 8.51. The van der Waals surface area contributed by atoms with Crippen LogP contribution < -0.4 is 4.74 Å². The van der Waals surface area contributed by atoms with Crippen molar-refractivity contribution < 1.29 is 17.9 Å². The highest BCUT2D eigenvalue weighted by atomic mass is 35.5. The largest absolute Gasteiger partial charge is 0.492 e. The molecule has 0 saturated carbocycles. The van der Waals surface area contributed by atoms with Gasteiger partial charge in [-0.15, -0.1) is 0 Å². The molecule has 6 nitrogen and oxygen atoms in total. The van der Waals surface area contributed by atoms with Crippen LogP contribution in [0.3, 0.4) is 0 Å². The lowest BCUT2D eigenvalue weighted by Crippen LogP contribution is -2.44. The van der Waals surface area contributed by atoms with Crippen molar-refractivity contribution in [3.05, 3.63) is 58.6 Å². The predicted octanol–water partition coefficient (Wildman–Crippen LogP) is 3.77. The first-order valence-electron chi connectivity index (χ1n) is 11.1. The quantitative estimate of drug-likeness (QED) is 0.610. The Morgan fingerprint density at radius 2 is 1.88 bits per heavy atom. The van der Waals surface area contributed by atoms with Crippen LogP contribution in [0.2, 0.25) is 5.02 Å². The van der Waals surface area contributed by atoms with Crippen molar-refractivity contribution in [2.45, 2.75) is 37.0 Å². The van der Waals surface area contributed by atoms with Gasteiger partial charge in [0.1, 0.15) is 12.4 Å². The van der Waals surface area contributed by atoms with E-state index in [-0.39, 0.29) is 11.8 Å². The van der Waals surface area contributed by atoms with E-state index in [1.54, 1.807) is 30.1 Å². The molecule has 0 bridgehead atoms. The number of hydrogen-bond acceptors (Lipinski definition) is 4. The molecule has 0 radical (unpaired) electrons. The van der Waals surface area contributed by atoms with Crippen LogP contribution >= 0.6 is 11.6 Å². The van der Waals surface area contributed by atoms with E-state index in [1.165, 1.54) is 9.87 Å². The maximum absolute atomic E-state index is 13.1. The average Bonchev–Trinajstić information content (AvgIpc) is 3.27. The summed E-state index contributed by atoms with van der Waals surface area (Å²) in [5, 5.41) is 0.605. The molecule has 2 aromatic carbocycles. The van der Waals surface area contributed by atoms with Crippen LogP contribution in [0, 0.1) is 5.92 Å². The number of aryl methyl sites for hydroxylation is 2. The summed E-state index contributed by atoms with van der Waals surface area (Å²) < 4.78 is 33.4. The molecular weight excluding hydrogens is 448 g/mol. The minimum absolute atomic E-state index is 0.0364. The van der Waals surface area contributed by atoms with Crippen molar-refractivity contribution in [3.8, 4) is 5.75 Å².